The van der Waals surface area contributed by atoms with Crippen molar-refractivity contribution in [3.8, 4) is 5.75 Å². The molecule has 0 aliphatic rings. The van der Waals surface area contributed by atoms with Gasteiger partial charge in [0.05, 0.1) is 0 Å². The summed E-state index contributed by atoms with van der Waals surface area (Å²) in [6.45, 7) is 2.65. The van der Waals surface area contributed by atoms with Crippen LogP contribution < -0.4 is 0 Å². The molecular weight excluding hydrogens is 190 g/mol. The fourth-order valence-electron chi connectivity index (χ4n) is 1.54. The van der Waals surface area contributed by atoms with Crippen molar-refractivity contribution in [3.63, 3.8) is 0 Å². The van der Waals surface area contributed by atoms with Gasteiger partial charge in [-0.1, -0.05) is 6.92 Å². The Bertz CT molecular complexity index is 330. The molecule has 0 saturated heterocycles. The molecule has 1 rings (SSSR count). The molecule has 0 aliphatic carbocycles. The summed E-state index contributed by atoms with van der Waals surface area (Å²) in [5, 5.41) is 9.10. The fraction of sp³-hybridized carbons (Fsp3) is 0.417. The van der Waals surface area contributed by atoms with Crippen molar-refractivity contribution in [2.75, 3.05) is 20.6 Å². The van der Waals surface area contributed by atoms with Crippen LogP contribution in [0.4, 0.5) is 0 Å². The van der Waals surface area contributed by atoms with Crippen molar-refractivity contribution in [2.45, 2.75) is 6.92 Å². The van der Waals surface area contributed by atoms with Crippen molar-refractivity contribution in [2.24, 2.45) is 5.92 Å². The quantitative estimate of drug-likeness (QED) is 0.765. The second-order valence-corrected chi connectivity index (χ2v) is 4.07. The van der Waals surface area contributed by atoms with Gasteiger partial charge in [0.25, 0.3) is 0 Å². The summed E-state index contributed by atoms with van der Waals surface area (Å²) in [6, 6.07) is 6.39. The van der Waals surface area contributed by atoms with E-state index in [1.54, 1.807) is 12.1 Å². The zero-order valence-electron chi connectivity index (χ0n) is 9.40. The summed E-state index contributed by atoms with van der Waals surface area (Å²) in [7, 11) is 3.89. The predicted molar refractivity (Wildman–Crippen MR) is 60.2 cm³/mol. The van der Waals surface area contributed by atoms with Crippen LogP contribution in [0.5, 0.6) is 5.75 Å². The van der Waals surface area contributed by atoms with E-state index in [9.17, 15) is 4.79 Å². The summed E-state index contributed by atoms with van der Waals surface area (Å²) in [5.41, 5.74) is 0.655. The van der Waals surface area contributed by atoms with Gasteiger partial charge in [-0.25, -0.2) is 0 Å². The number of phenols is 1. The highest BCUT2D eigenvalue weighted by Gasteiger charge is 2.15. The van der Waals surface area contributed by atoms with Crippen molar-refractivity contribution in [3.05, 3.63) is 29.8 Å². The van der Waals surface area contributed by atoms with Gasteiger partial charge < -0.3 is 10.0 Å². The Morgan fingerprint density at radius 3 is 2.33 bits per heavy atom. The second-order valence-electron chi connectivity index (χ2n) is 4.07. The first kappa shape index (κ1) is 11.7. The molecule has 1 N–H and O–H groups in total. The van der Waals surface area contributed by atoms with Crippen LogP contribution in [0.25, 0.3) is 0 Å². The van der Waals surface area contributed by atoms with Crippen molar-refractivity contribution in [1.82, 2.24) is 4.90 Å². The lowest BCUT2D eigenvalue weighted by atomic mass is 9.99. The SMILES string of the molecule is C[C@@H](CN(C)C)C(=O)c1ccc(O)cc1. The number of carbonyl (C=O) groups excluding carboxylic acids is 1. The molecule has 15 heavy (non-hydrogen) atoms. The van der Waals surface area contributed by atoms with Crippen LogP contribution in [-0.2, 0) is 0 Å². The number of aromatic hydroxyl groups is 1. The van der Waals surface area contributed by atoms with E-state index in [1.807, 2.05) is 25.9 Å². The molecule has 0 spiro atoms. The third-order valence-corrected chi connectivity index (χ3v) is 2.24. The zero-order chi connectivity index (χ0) is 11.4. The average molecular weight is 207 g/mol. The Labute approximate surface area is 90.3 Å². The maximum absolute atomic E-state index is 11.9. The molecular formula is C12H17NO2. The first-order valence-corrected chi connectivity index (χ1v) is 4.98. The Morgan fingerprint density at radius 2 is 1.87 bits per heavy atom. The van der Waals surface area contributed by atoms with E-state index in [1.165, 1.54) is 12.1 Å². The Hall–Kier alpha value is -1.35. The van der Waals surface area contributed by atoms with Gasteiger partial charge in [0.2, 0.25) is 0 Å². The van der Waals surface area contributed by atoms with Gasteiger partial charge in [-0.05, 0) is 38.4 Å². The first-order chi connectivity index (χ1) is 7.00. The maximum atomic E-state index is 11.9. The van der Waals surface area contributed by atoms with Crippen LogP contribution in [0.1, 0.15) is 17.3 Å². The molecule has 0 radical (unpaired) electrons. The van der Waals surface area contributed by atoms with E-state index in [4.69, 9.17) is 5.11 Å². The van der Waals surface area contributed by atoms with E-state index in [2.05, 4.69) is 0 Å². The standard InChI is InChI=1S/C12H17NO2/c1-9(8-13(2)3)12(15)10-4-6-11(14)7-5-10/h4-7,9,14H,8H2,1-3H3/t9-/m0/s1. The number of carbonyl (C=O) groups is 1. The van der Waals surface area contributed by atoms with E-state index < -0.39 is 0 Å². The smallest absolute Gasteiger partial charge is 0.166 e. The number of ketones is 1. The molecule has 3 heteroatoms. The van der Waals surface area contributed by atoms with Crippen molar-refractivity contribution < 1.29 is 9.90 Å². The van der Waals surface area contributed by atoms with Crippen LogP contribution in [0.2, 0.25) is 0 Å². The normalized spacial score (nSPS) is 12.8. The average Bonchev–Trinajstić information content (AvgIpc) is 2.17. The van der Waals surface area contributed by atoms with Crippen LogP contribution in [-0.4, -0.2) is 36.4 Å². The summed E-state index contributed by atoms with van der Waals surface area (Å²) in [6.07, 6.45) is 0. The van der Waals surface area contributed by atoms with Gasteiger partial charge in [-0.3, -0.25) is 4.79 Å². The van der Waals surface area contributed by atoms with Crippen LogP contribution in [0.3, 0.4) is 0 Å². The lowest BCUT2D eigenvalue weighted by Gasteiger charge is -2.15. The minimum atomic E-state index is -0.0236. The minimum absolute atomic E-state index is 0.0236. The molecule has 0 bridgehead atoms. The van der Waals surface area contributed by atoms with Gasteiger partial charge in [0, 0.05) is 18.0 Å². The molecule has 0 heterocycles. The number of Topliss-reactive ketones (excluding diaryl/α,β-unsaturated/α-hetero) is 1. The molecule has 82 valence electrons. The third kappa shape index (κ3) is 3.36. The van der Waals surface area contributed by atoms with E-state index >= 15 is 0 Å². The first-order valence-electron chi connectivity index (χ1n) is 4.98. The molecule has 0 unspecified atom stereocenters. The second kappa shape index (κ2) is 4.94. The van der Waals surface area contributed by atoms with E-state index in [0.29, 0.717) is 5.56 Å². The molecule has 1 atom stereocenters. The number of benzene rings is 1. The molecule has 1 aromatic carbocycles. The Kier molecular flexibility index (Phi) is 3.86. The number of nitrogens with zero attached hydrogens (tertiary/aromatic N) is 1. The maximum Gasteiger partial charge on any atom is 0.166 e. The lowest BCUT2D eigenvalue weighted by Crippen LogP contribution is -2.25. The van der Waals surface area contributed by atoms with Gasteiger partial charge in [-0.2, -0.15) is 0 Å². The highest BCUT2D eigenvalue weighted by atomic mass is 16.3. The monoisotopic (exact) mass is 207 g/mol. The van der Waals surface area contributed by atoms with Gasteiger partial charge in [0.1, 0.15) is 5.75 Å². The summed E-state index contributed by atoms with van der Waals surface area (Å²) in [4.78, 5) is 13.9. The molecule has 0 aromatic heterocycles. The number of rotatable bonds is 4. The minimum Gasteiger partial charge on any atom is -0.508 e. The Balaban J connectivity index is 2.72. The molecule has 0 aliphatic heterocycles. The molecule has 0 fully saturated rings. The number of hydrogen-bond acceptors (Lipinski definition) is 3. The van der Waals surface area contributed by atoms with Gasteiger partial charge in [-0.15, -0.1) is 0 Å². The topological polar surface area (TPSA) is 40.5 Å². The highest BCUT2D eigenvalue weighted by molar-refractivity contribution is 5.97. The third-order valence-electron chi connectivity index (χ3n) is 2.24. The molecule has 3 nitrogen and oxygen atoms in total. The van der Waals surface area contributed by atoms with Crippen LogP contribution in [0.15, 0.2) is 24.3 Å². The fourth-order valence-corrected chi connectivity index (χ4v) is 1.54. The molecule has 0 amide bonds. The zero-order valence-corrected chi connectivity index (χ0v) is 9.40. The van der Waals surface area contributed by atoms with Crippen LogP contribution in [0, 0.1) is 5.92 Å². The summed E-state index contributed by atoms with van der Waals surface area (Å²) < 4.78 is 0. The van der Waals surface area contributed by atoms with E-state index in [0.717, 1.165) is 6.54 Å². The summed E-state index contributed by atoms with van der Waals surface area (Å²) in [5.74, 6) is 0.278. The predicted octanol–water partition coefficient (Wildman–Crippen LogP) is 1.77. The van der Waals surface area contributed by atoms with Gasteiger partial charge >= 0.3 is 0 Å². The highest BCUT2D eigenvalue weighted by Crippen LogP contribution is 2.13. The molecule has 0 saturated carbocycles. The van der Waals surface area contributed by atoms with E-state index in [-0.39, 0.29) is 17.5 Å². The van der Waals surface area contributed by atoms with Crippen LogP contribution >= 0.6 is 0 Å². The Morgan fingerprint density at radius 1 is 1.33 bits per heavy atom. The van der Waals surface area contributed by atoms with Crippen molar-refractivity contribution in [1.29, 1.82) is 0 Å². The van der Waals surface area contributed by atoms with Crippen molar-refractivity contribution >= 4 is 5.78 Å². The largest absolute Gasteiger partial charge is 0.508 e. The van der Waals surface area contributed by atoms with Gasteiger partial charge in [0.15, 0.2) is 5.78 Å². The molecule has 1 aromatic rings. The number of phenolic OH excluding ortho intramolecular Hbond substituents is 1. The lowest BCUT2D eigenvalue weighted by molar-refractivity contribution is 0.0910. The summed E-state index contributed by atoms with van der Waals surface area (Å²) >= 11 is 0. The number of hydrogen-bond donors (Lipinski definition) is 1.